The minimum atomic E-state index is -1.45. The van der Waals surface area contributed by atoms with Crippen LogP contribution in [0.5, 0.6) is 23.0 Å². The summed E-state index contributed by atoms with van der Waals surface area (Å²) < 4.78 is 32.7. The summed E-state index contributed by atoms with van der Waals surface area (Å²) in [5, 5.41) is 0. The van der Waals surface area contributed by atoms with Crippen LogP contribution in [0.1, 0.15) is 44.1 Å². The van der Waals surface area contributed by atoms with Crippen LogP contribution >= 0.6 is 0 Å². The standard InChI is InChI=1S/C33H30O9/c1-37-25-15-23(16-26(19-25)38-2)31(29(34)21-11-7-5-8-12-21)41-33(36)42-32(30(35)22-13-9-6-10-14-22)24-17-27(39-3)20-28(18-24)40-4/h5-20,31-32H,1-4H3. The van der Waals surface area contributed by atoms with Gasteiger partial charge in [0.05, 0.1) is 28.4 Å². The molecule has 9 heteroatoms. The average molecular weight is 571 g/mol. The van der Waals surface area contributed by atoms with Crippen LogP contribution < -0.4 is 18.9 Å². The maximum atomic E-state index is 13.6. The van der Waals surface area contributed by atoms with E-state index in [2.05, 4.69) is 0 Å². The van der Waals surface area contributed by atoms with Crippen molar-refractivity contribution in [3.63, 3.8) is 0 Å². The molecule has 0 radical (unpaired) electrons. The summed E-state index contributed by atoms with van der Waals surface area (Å²) in [6.45, 7) is 0. The molecule has 0 aromatic heterocycles. The first-order valence-corrected chi connectivity index (χ1v) is 12.9. The Hall–Kier alpha value is -5.31. The van der Waals surface area contributed by atoms with E-state index in [0.29, 0.717) is 34.1 Å². The van der Waals surface area contributed by atoms with Crippen molar-refractivity contribution in [3.05, 3.63) is 119 Å². The zero-order valence-electron chi connectivity index (χ0n) is 23.6. The molecule has 4 aromatic carbocycles. The van der Waals surface area contributed by atoms with Crippen molar-refractivity contribution >= 4 is 17.7 Å². The maximum Gasteiger partial charge on any atom is 0.510 e. The van der Waals surface area contributed by atoms with Crippen LogP contribution in [0, 0.1) is 0 Å². The molecule has 0 saturated heterocycles. The molecule has 0 N–H and O–H groups in total. The molecule has 2 unspecified atom stereocenters. The Kier molecular flexibility index (Phi) is 9.78. The molecule has 0 fully saturated rings. The fourth-order valence-electron chi connectivity index (χ4n) is 4.24. The van der Waals surface area contributed by atoms with E-state index in [-0.39, 0.29) is 11.1 Å². The molecule has 0 heterocycles. The average Bonchev–Trinajstić information content (AvgIpc) is 3.05. The lowest BCUT2D eigenvalue weighted by Crippen LogP contribution is -2.25. The number of carbonyl (C=O) groups is 3. The van der Waals surface area contributed by atoms with Crippen molar-refractivity contribution in [1.82, 2.24) is 0 Å². The summed E-state index contributed by atoms with van der Waals surface area (Å²) in [6, 6.07) is 26.2. The lowest BCUT2D eigenvalue weighted by Gasteiger charge is -2.22. The highest BCUT2D eigenvalue weighted by atomic mass is 16.7. The van der Waals surface area contributed by atoms with Gasteiger partial charge in [-0.05, 0) is 24.3 Å². The first-order valence-electron chi connectivity index (χ1n) is 12.9. The highest BCUT2D eigenvalue weighted by Gasteiger charge is 2.33. The third kappa shape index (κ3) is 7.06. The third-order valence-corrected chi connectivity index (χ3v) is 6.37. The van der Waals surface area contributed by atoms with Crippen molar-refractivity contribution in [2.75, 3.05) is 28.4 Å². The fraction of sp³-hybridized carbons (Fsp3) is 0.182. The van der Waals surface area contributed by atoms with Crippen LogP contribution in [-0.2, 0) is 9.47 Å². The SMILES string of the molecule is COc1cc(OC)cc(C(OC(=O)OC(C(=O)c2ccccc2)c2cc(OC)cc(OC)c2)C(=O)c2ccccc2)c1. The molecule has 0 amide bonds. The zero-order chi connectivity index (χ0) is 30.1. The Balaban J connectivity index is 1.73. The lowest BCUT2D eigenvalue weighted by molar-refractivity contribution is 0.00253. The summed E-state index contributed by atoms with van der Waals surface area (Å²) in [7, 11) is 5.85. The van der Waals surface area contributed by atoms with Gasteiger partial charge in [0.2, 0.25) is 11.6 Å². The normalized spacial score (nSPS) is 11.9. The minimum Gasteiger partial charge on any atom is -0.497 e. The molecule has 9 nitrogen and oxygen atoms in total. The monoisotopic (exact) mass is 570 g/mol. The molecule has 216 valence electrons. The topological polar surface area (TPSA) is 107 Å². The van der Waals surface area contributed by atoms with Gasteiger partial charge in [-0.15, -0.1) is 0 Å². The molecule has 0 bridgehead atoms. The lowest BCUT2D eigenvalue weighted by atomic mass is 9.99. The van der Waals surface area contributed by atoms with E-state index in [0.717, 1.165) is 0 Å². The first-order chi connectivity index (χ1) is 20.4. The van der Waals surface area contributed by atoms with Gasteiger partial charge < -0.3 is 28.4 Å². The number of hydrogen-bond donors (Lipinski definition) is 0. The molecule has 42 heavy (non-hydrogen) atoms. The Bertz CT molecular complexity index is 1370. The van der Waals surface area contributed by atoms with Crippen LogP contribution in [0.25, 0.3) is 0 Å². The number of hydrogen-bond acceptors (Lipinski definition) is 9. The maximum absolute atomic E-state index is 13.6. The molecule has 0 saturated carbocycles. The van der Waals surface area contributed by atoms with Crippen LogP contribution in [0.2, 0.25) is 0 Å². The van der Waals surface area contributed by atoms with E-state index >= 15 is 0 Å². The van der Waals surface area contributed by atoms with E-state index in [1.807, 2.05) is 0 Å². The zero-order valence-corrected chi connectivity index (χ0v) is 23.6. The fourth-order valence-corrected chi connectivity index (χ4v) is 4.24. The number of carbonyl (C=O) groups excluding carboxylic acids is 3. The van der Waals surface area contributed by atoms with E-state index in [1.165, 1.54) is 28.4 Å². The molecular weight excluding hydrogens is 540 g/mol. The number of methoxy groups -OCH3 is 4. The van der Waals surface area contributed by atoms with Crippen LogP contribution in [0.3, 0.4) is 0 Å². The Morgan fingerprint density at radius 1 is 0.476 bits per heavy atom. The molecule has 0 aliphatic carbocycles. The second-order valence-electron chi connectivity index (χ2n) is 9.00. The minimum absolute atomic E-state index is 0.283. The van der Waals surface area contributed by atoms with Gasteiger partial charge in [0.25, 0.3) is 0 Å². The molecule has 4 aromatic rings. The van der Waals surface area contributed by atoms with Crippen molar-refractivity contribution in [2.24, 2.45) is 0 Å². The number of ketones is 2. The van der Waals surface area contributed by atoms with Gasteiger partial charge in [-0.25, -0.2) is 4.79 Å². The van der Waals surface area contributed by atoms with Crippen LogP contribution in [0.4, 0.5) is 4.79 Å². The first kappa shape index (κ1) is 29.7. The van der Waals surface area contributed by atoms with E-state index < -0.39 is 29.9 Å². The predicted molar refractivity (Wildman–Crippen MR) is 154 cm³/mol. The number of benzene rings is 4. The van der Waals surface area contributed by atoms with Crippen LogP contribution in [-0.4, -0.2) is 46.2 Å². The Morgan fingerprint density at radius 2 is 0.786 bits per heavy atom. The molecule has 0 aliphatic heterocycles. The van der Waals surface area contributed by atoms with Gasteiger partial charge in [0, 0.05) is 34.4 Å². The van der Waals surface area contributed by atoms with Gasteiger partial charge in [-0.3, -0.25) is 9.59 Å². The summed E-state index contributed by atoms with van der Waals surface area (Å²) in [4.78, 5) is 40.7. The molecular formula is C33H30O9. The molecule has 4 rings (SSSR count). The second kappa shape index (κ2) is 13.8. The number of Topliss-reactive ketones (excluding diaryl/α,β-unsaturated/α-hetero) is 2. The Labute approximate surface area is 243 Å². The largest absolute Gasteiger partial charge is 0.510 e. The second-order valence-corrected chi connectivity index (χ2v) is 9.00. The van der Waals surface area contributed by atoms with Gasteiger partial charge in [-0.1, -0.05) is 60.7 Å². The van der Waals surface area contributed by atoms with Gasteiger partial charge in [0.1, 0.15) is 23.0 Å². The van der Waals surface area contributed by atoms with E-state index in [1.54, 1.807) is 97.1 Å². The quantitative estimate of drug-likeness (QED) is 0.141. The summed E-state index contributed by atoms with van der Waals surface area (Å²) in [6.07, 6.45) is -4.14. The summed E-state index contributed by atoms with van der Waals surface area (Å²) in [5.74, 6) is 0.495. The smallest absolute Gasteiger partial charge is 0.497 e. The Morgan fingerprint density at radius 3 is 1.07 bits per heavy atom. The van der Waals surface area contributed by atoms with Gasteiger partial charge in [-0.2, -0.15) is 0 Å². The number of rotatable bonds is 12. The van der Waals surface area contributed by atoms with Crippen molar-refractivity contribution in [1.29, 1.82) is 0 Å². The van der Waals surface area contributed by atoms with Crippen LogP contribution in [0.15, 0.2) is 97.1 Å². The van der Waals surface area contributed by atoms with E-state index in [4.69, 9.17) is 28.4 Å². The molecule has 2 atom stereocenters. The van der Waals surface area contributed by atoms with Crippen molar-refractivity contribution < 1.29 is 42.8 Å². The summed E-state index contributed by atoms with van der Waals surface area (Å²) in [5.41, 5.74) is 1.16. The van der Waals surface area contributed by atoms with Gasteiger partial charge in [0.15, 0.2) is 12.2 Å². The van der Waals surface area contributed by atoms with Crippen molar-refractivity contribution in [2.45, 2.75) is 12.2 Å². The highest BCUT2D eigenvalue weighted by molar-refractivity contribution is 6.02. The molecule has 0 spiro atoms. The highest BCUT2D eigenvalue weighted by Crippen LogP contribution is 2.34. The third-order valence-electron chi connectivity index (χ3n) is 6.37. The molecule has 0 aliphatic rings. The predicted octanol–water partition coefficient (Wildman–Crippen LogP) is 6.42. The summed E-state index contributed by atoms with van der Waals surface area (Å²) >= 11 is 0. The number of ether oxygens (including phenoxy) is 6. The van der Waals surface area contributed by atoms with Gasteiger partial charge >= 0.3 is 6.16 Å². The van der Waals surface area contributed by atoms with Crippen molar-refractivity contribution in [3.8, 4) is 23.0 Å². The van der Waals surface area contributed by atoms with E-state index in [9.17, 15) is 14.4 Å².